The second-order valence-electron chi connectivity index (χ2n) is 5.65. The van der Waals surface area contributed by atoms with Gasteiger partial charge in [-0.3, -0.25) is 4.79 Å². The van der Waals surface area contributed by atoms with Crippen molar-refractivity contribution >= 4 is 40.0 Å². The molecule has 4 rings (SSSR count). The summed E-state index contributed by atoms with van der Waals surface area (Å²) in [6.45, 7) is 0.491. The number of hydrogen-bond donors (Lipinski definition) is 2. The lowest BCUT2D eigenvalue weighted by atomic mass is 10.2. The molecule has 8 heteroatoms. The Labute approximate surface area is 158 Å². The molecule has 1 amide bonds. The number of H-pyrrole nitrogens is 1. The maximum Gasteiger partial charge on any atom is 0.253 e. The summed E-state index contributed by atoms with van der Waals surface area (Å²) in [5.74, 6) is 0.529. The van der Waals surface area contributed by atoms with Crippen molar-refractivity contribution in [2.45, 2.75) is 6.42 Å². The summed E-state index contributed by atoms with van der Waals surface area (Å²) in [6.07, 6.45) is 3.93. The average molecular weight is 384 g/mol. The van der Waals surface area contributed by atoms with E-state index >= 15 is 0 Å². The van der Waals surface area contributed by atoms with E-state index in [1.807, 2.05) is 22.9 Å². The van der Waals surface area contributed by atoms with Crippen molar-refractivity contribution in [2.24, 2.45) is 0 Å². The molecule has 0 radical (unpaired) electrons. The minimum absolute atomic E-state index is 0.180. The summed E-state index contributed by atoms with van der Waals surface area (Å²) < 4.78 is 0. The molecule has 4 heterocycles. The highest BCUT2D eigenvalue weighted by atomic mass is 35.5. The molecule has 0 aliphatic carbocycles. The van der Waals surface area contributed by atoms with Crippen LogP contribution in [0, 0.1) is 0 Å². The first-order valence-electron chi connectivity index (χ1n) is 7.96. The molecule has 4 aromatic heterocycles. The van der Waals surface area contributed by atoms with Gasteiger partial charge in [0.2, 0.25) is 0 Å². The third-order valence-electron chi connectivity index (χ3n) is 3.91. The lowest BCUT2D eigenvalue weighted by Crippen LogP contribution is -2.26. The highest BCUT2D eigenvalue weighted by molar-refractivity contribution is 7.08. The number of carbonyl (C=O) groups is 1. The number of carbonyl (C=O) groups excluding carboxylic acids is 1. The number of pyridine rings is 2. The standard InChI is InChI=1S/C18H14ClN5OS/c19-14-9-11(1-5-20-14)2-6-22-18(25)13-3-7-21-17-15(13)23-16(24-17)12-4-8-26-10-12/h1,3-5,7-10H,2,6H2,(H,22,25)(H,21,23,24). The fraction of sp³-hybridized carbons (Fsp3) is 0.111. The smallest absolute Gasteiger partial charge is 0.253 e. The number of nitrogens with zero attached hydrogens (tertiary/aromatic N) is 3. The van der Waals surface area contributed by atoms with E-state index in [1.165, 1.54) is 0 Å². The van der Waals surface area contributed by atoms with Gasteiger partial charge in [-0.05, 0) is 41.6 Å². The molecule has 0 unspecified atom stereocenters. The zero-order chi connectivity index (χ0) is 17.9. The van der Waals surface area contributed by atoms with E-state index in [1.54, 1.807) is 35.9 Å². The van der Waals surface area contributed by atoms with Gasteiger partial charge in [0.25, 0.3) is 5.91 Å². The Morgan fingerprint density at radius 2 is 2.12 bits per heavy atom. The van der Waals surface area contributed by atoms with E-state index in [2.05, 4.69) is 25.3 Å². The van der Waals surface area contributed by atoms with Crippen molar-refractivity contribution in [3.8, 4) is 11.4 Å². The van der Waals surface area contributed by atoms with Crippen LogP contribution in [0.2, 0.25) is 5.15 Å². The van der Waals surface area contributed by atoms with Crippen LogP contribution in [0.5, 0.6) is 0 Å². The fourth-order valence-corrected chi connectivity index (χ4v) is 3.48. The number of rotatable bonds is 5. The van der Waals surface area contributed by atoms with Crippen molar-refractivity contribution in [3.63, 3.8) is 0 Å². The number of aromatic nitrogens is 4. The number of amides is 1. The first-order valence-corrected chi connectivity index (χ1v) is 9.29. The van der Waals surface area contributed by atoms with E-state index in [0.29, 0.717) is 40.7 Å². The van der Waals surface area contributed by atoms with Crippen molar-refractivity contribution in [1.82, 2.24) is 25.3 Å². The molecule has 0 fully saturated rings. The van der Waals surface area contributed by atoms with Crippen LogP contribution in [-0.4, -0.2) is 32.4 Å². The quantitative estimate of drug-likeness (QED) is 0.514. The molecule has 2 N–H and O–H groups in total. The van der Waals surface area contributed by atoms with Gasteiger partial charge in [-0.2, -0.15) is 11.3 Å². The fourth-order valence-electron chi connectivity index (χ4n) is 2.64. The van der Waals surface area contributed by atoms with Crippen molar-refractivity contribution in [1.29, 1.82) is 0 Å². The predicted molar refractivity (Wildman–Crippen MR) is 102 cm³/mol. The van der Waals surface area contributed by atoms with Gasteiger partial charge in [0, 0.05) is 29.9 Å². The van der Waals surface area contributed by atoms with Crippen LogP contribution in [-0.2, 0) is 6.42 Å². The second-order valence-corrected chi connectivity index (χ2v) is 6.81. The van der Waals surface area contributed by atoms with E-state index in [9.17, 15) is 4.79 Å². The van der Waals surface area contributed by atoms with Gasteiger partial charge >= 0.3 is 0 Å². The van der Waals surface area contributed by atoms with E-state index < -0.39 is 0 Å². The highest BCUT2D eigenvalue weighted by Crippen LogP contribution is 2.23. The van der Waals surface area contributed by atoms with Gasteiger partial charge in [0.15, 0.2) is 5.65 Å². The molecule has 0 atom stereocenters. The number of halogens is 1. The summed E-state index contributed by atoms with van der Waals surface area (Å²) in [7, 11) is 0. The number of nitrogens with one attached hydrogen (secondary N) is 2. The van der Waals surface area contributed by atoms with Crippen LogP contribution in [0.4, 0.5) is 0 Å². The van der Waals surface area contributed by atoms with Crippen LogP contribution >= 0.6 is 22.9 Å². The SMILES string of the molecule is O=C(NCCc1ccnc(Cl)c1)c1ccnc2[nH]c(-c3ccsc3)nc12. The Morgan fingerprint density at radius 1 is 1.23 bits per heavy atom. The monoisotopic (exact) mass is 383 g/mol. The van der Waals surface area contributed by atoms with Crippen LogP contribution in [0.25, 0.3) is 22.6 Å². The van der Waals surface area contributed by atoms with Gasteiger partial charge in [-0.15, -0.1) is 0 Å². The molecule has 26 heavy (non-hydrogen) atoms. The maximum absolute atomic E-state index is 12.6. The first kappa shape index (κ1) is 16.7. The number of fused-ring (bicyclic) bond motifs is 1. The lowest BCUT2D eigenvalue weighted by Gasteiger charge is -2.06. The number of hydrogen-bond acceptors (Lipinski definition) is 5. The summed E-state index contributed by atoms with van der Waals surface area (Å²) in [4.78, 5) is 28.5. The molecule has 0 aliphatic heterocycles. The van der Waals surface area contributed by atoms with Crippen molar-refractivity contribution < 1.29 is 4.79 Å². The number of imidazole rings is 1. The van der Waals surface area contributed by atoms with Crippen molar-refractivity contribution in [2.75, 3.05) is 6.54 Å². The van der Waals surface area contributed by atoms with E-state index in [-0.39, 0.29) is 5.91 Å². The molecule has 0 saturated heterocycles. The Kier molecular flexibility index (Phi) is 4.64. The first-order chi connectivity index (χ1) is 12.7. The normalized spacial score (nSPS) is 11.0. The van der Waals surface area contributed by atoms with Gasteiger partial charge in [-0.25, -0.2) is 15.0 Å². The van der Waals surface area contributed by atoms with Crippen LogP contribution < -0.4 is 5.32 Å². The second kappa shape index (κ2) is 7.23. The molecule has 0 saturated carbocycles. The Bertz CT molecular complexity index is 1060. The Morgan fingerprint density at radius 3 is 2.92 bits per heavy atom. The minimum atomic E-state index is -0.180. The van der Waals surface area contributed by atoms with E-state index in [4.69, 9.17) is 11.6 Å². The lowest BCUT2D eigenvalue weighted by molar-refractivity contribution is 0.0955. The van der Waals surface area contributed by atoms with Gasteiger partial charge in [0.05, 0.1) is 5.56 Å². The third-order valence-corrected chi connectivity index (χ3v) is 4.80. The van der Waals surface area contributed by atoms with Crippen LogP contribution in [0.1, 0.15) is 15.9 Å². The summed E-state index contributed by atoms with van der Waals surface area (Å²) in [5, 5.41) is 7.35. The van der Waals surface area contributed by atoms with E-state index in [0.717, 1.165) is 11.1 Å². The molecule has 0 aliphatic rings. The van der Waals surface area contributed by atoms with Crippen LogP contribution in [0.15, 0.2) is 47.4 Å². The average Bonchev–Trinajstić information content (AvgIpc) is 3.30. The zero-order valence-corrected chi connectivity index (χ0v) is 15.1. The topological polar surface area (TPSA) is 83.6 Å². The minimum Gasteiger partial charge on any atom is -0.352 e. The molecule has 4 aromatic rings. The summed E-state index contributed by atoms with van der Waals surface area (Å²) >= 11 is 7.47. The molecule has 0 aromatic carbocycles. The van der Waals surface area contributed by atoms with Gasteiger partial charge < -0.3 is 10.3 Å². The van der Waals surface area contributed by atoms with Crippen LogP contribution in [0.3, 0.4) is 0 Å². The zero-order valence-electron chi connectivity index (χ0n) is 13.6. The Hall–Kier alpha value is -2.77. The largest absolute Gasteiger partial charge is 0.352 e. The molecule has 6 nitrogen and oxygen atoms in total. The molecule has 130 valence electrons. The molecular weight excluding hydrogens is 370 g/mol. The van der Waals surface area contributed by atoms with Crippen molar-refractivity contribution in [3.05, 3.63) is 63.7 Å². The summed E-state index contributed by atoms with van der Waals surface area (Å²) in [6, 6.07) is 7.32. The number of thiophene rings is 1. The maximum atomic E-state index is 12.6. The predicted octanol–water partition coefficient (Wildman–Crippen LogP) is 3.71. The highest BCUT2D eigenvalue weighted by Gasteiger charge is 2.15. The van der Waals surface area contributed by atoms with Gasteiger partial charge in [0.1, 0.15) is 16.5 Å². The molecular formula is C18H14ClN5OS. The number of aromatic amines is 1. The Balaban J connectivity index is 1.51. The third kappa shape index (κ3) is 3.44. The van der Waals surface area contributed by atoms with Gasteiger partial charge in [-0.1, -0.05) is 11.6 Å². The summed E-state index contributed by atoms with van der Waals surface area (Å²) in [5.41, 5.74) is 3.66. The molecule has 0 bridgehead atoms. The molecule has 0 spiro atoms.